The van der Waals surface area contributed by atoms with Crippen molar-refractivity contribution in [2.75, 3.05) is 25.0 Å². The number of aromatic nitrogens is 3. The molecule has 3 heterocycles. The molecule has 10 nitrogen and oxygen atoms in total. The number of carbonyl (C=O) groups is 3. The van der Waals surface area contributed by atoms with E-state index < -0.39 is 5.91 Å². The molecule has 4 N–H and O–H groups in total. The van der Waals surface area contributed by atoms with E-state index in [-0.39, 0.29) is 54.2 Å². The van der Waals surface area contributed by atoms with E-state index in [9.17, 15) is 14.4 Å². The Bertz CT molecular complexity index is 1190. The molecule has 0 bridgehead atoms. The van der Waals surface area contributed by atoms with Gasteiger partial charge in [-0.25, -0.2) is 4.98 Å². The van der Waals surface area contributed by atoms with Gasteiger partial charge in [0.05, 0.1) is 5.52 Å². The number of benzene rings is 1. The van der Waals surface area contributed by atoms with Crippen molar-refractivity contribution in [1.82, 2.24) is 25.0 Å². The van der Waals surface area contributed by atoms with Gasteiger partial charge in [0.1, 0.15) is 24.1 Å². The average molecular weight is 506 g/mol. The van der Waals surface area contributed by atoms with Gasteiger partial charge in [0.25, 0.3) is 5.91 Å². The molecule has 12 heteroatoms. The maximum Gasteiger partial charge on any atom is 0.269 e. The molecule has 0 unspecified atom stereocenters. The number of hydrogen-bond donors (Lipinski definition) is 3. The van der Waals surface area contributed by atoms with Gasteiger partial charge in [-0.3, -0.25) is 19.1 Å². The summed E-state index contributed by atoms with van der Waals surface area (Å²) in [7, 11) is 0. The molecular formula is C22H25Cl2N7O3. The first-order valence-electron chi connectivity index (χ1n) is 10.6. The van der Waals surface area contributed by atoms with E-state index in [0.29, 0.717) is 16.7 Å². The lowest BCUT2D eigenvalue weighted by molar-refractivity contribution is -0.138. The van der Waals surface area contributed by atoms with Gasteiger partial charge in [-0.05, 0) is 44.1 Å². The Labute approximate surface area is 207 Å². The normalized spacial score (nSPS) is 13.8. The summed E-state index contributed by atoms with van der Waals surface area (Å²) < 4.78 is 1.46. The SMILES string of the molecule is Cl.NC(=O)c1nn(CC(=O)N(CC(=O)Nc2cccc(Cl)n2)C2CCNCC2)c2ccccc12. The first kappa shape index (κ1) is 25.4. The molecule has 34 heavy (non-hydrogen) atoms. The topological polar surface area (TPSA) is 135 Å². The van der Waals surface area contributed by atoms with E-state index in [0.717, 1.165) is 25.9 Å². The van der Waals surface area contributed by atoms with Crippen molar-refractivity contribution in [3.8, 4) is 0 Å². The fourth-order valence-corrected chi connectivity index (χ4v) is 4.17. The standard InChI is InChI=1S/C22H24ClN7O3.ClH/c23-17-6-3-7-18(26-17)27-19(31)12-29(14-8-10-25-11-9-14)20(32)13-30-16-5-2-1-4-15(16)21(28-30)22(24)33;/h1-7,14,25H,8-13H2,(H2,24,33)(H,26,27,31);1H. The van der Waals surface area contributed by atoms with Crippen LogP contribution in [0.1, 0.15) is 23.3 Å². The molecule has 0 radical (unpaired) electrons. The molecule has 0 saturated carbocycles. The quantitative estimate of drug-likeness (QED) is 0.419. The number of anilines is 1. The number of amides is 3. The third kappa shape index (κ3) is 5.82. The summed E-state index contributed by atoms with van der Waals surface area (Å²) >= 11 is 5.89. The maximum absolute atomic E-state index is 13.4. The molecule has 0 atom stereocenters. The lowest BCUT2D eigenvalue weighted by Gasteiger charge is -2.34. The number of nitrogens with two attached hydrogens (primary N) is 1. The van der Waals surface area contributed by atoms with E-state index >= 15 is 0 Å². The van der Waals surface area contributed by atoms with Crippen molar-refractivity contribution < 1.29 is 14.4 Å². The van der Waals surface area contributed by atoms with Gasteiger partial charge in [0.2, 0.25) is 11.8 Å². The molecule has 1 saturated heterocycles. The van der Waals surface area contributed by atoms with Gasteiger partial charge < -0.3 is 21.3 Å². The number of fused-ring (bicyclic) bond motifs is 1. The molecular weight excluding hydrogens is 481 g/mol. The van der Waals surface area contributed by atoms with Gasteiger partial charge in [0, 0.05) is 11.4 Å². The smallest absolute Gasteiger partial charge is 0.269 e. The maximum atomic E-state index is 13.4. The largest absolute Gasteiger partial charge is 0.364 e. The lowest BCUT2D eigenvalue weighted by atomic mass is 10.0. The minimum Gasteiger partial charge on any atom is -0.364 e. The van der Waals surface area contributed by atoms with Crippen LogP contribution in [-0.4, -0.2) is 63.1 Å². The van der Waals surface area contributed by atoms with Crippen LogP contribution in [0.5, 0.6) is 0 Å². The van der Waals surface area contributed by atoms with Crippen LogP contribution in [0.3, 0.4) is 0 Å². The van der Waals surface area contributed by atoms with Gasteiger partial charge in [-0.15, -0.1) is 12.4 Å². The number of piperidine rings is 1. The van der Waals surface area contributed by atoms with Crippen LogP contribution in [0.25, 0.3) is 10.9 Å². The van der Waals surface area contributed by atoms with Crippen LogP contribution < -0.4 is 16.4 Å². The summed E-state index contributed by atoms with van der Waals surface area (Å²) in [6, 6.07) is 11.9. The van der Waals surface area contributed by atoms with E-state index in [1.807, 2.05) is 0 Å². The molecule has 3 aromatic rings. The Morgan fingerprint density at radius 2 is 1.88 bits per heavy atom. The second kappa shape index (κ2) is 11.3. The zero-order valence-corrected chi connectivity index (χ0v) is 19.8. The summed E-state index contributed by atoms with van der Waals surface area (Å²) in [4.78, 5) is 43.6. The van der Waals surface area contributed by atoms with Crippen molar-refractivity contribution in [3.05, 3.63) is 53.3 Å². The van der Waals surface area contributed by atoms with Crippen molar-refractivity contribution in [2.24, 2.45) is 5.73 Å². The third-order valence-corrected chi connectivity index (χ3v) is 5.75. The molecule has 2 aromatic heterocycles. The van der Waals surface area contributed by atoms with Gasteiger partial charge in [-0.2, -0.15) is 5.10 Å². The zero-order valence-electron chi connectivity index (χ0n) is 18.2. The molecule has 1 aliphatic heterocycles. The average Bonchev–Trinajstić information content (AvgIpc) is 3.17. The molecule has 0 aliphatic carbocycles. The Hall–Kier alpha value is -3.21. The highest BCUT2D eigenvalue weighted by Crippen LogP contribution is 2.20. The Morgan fingerprint density at radius 3 is 2.59 bits per heavy atom. The van der Waals surface area contributed by atoms with Crippen molar-refractivity contribution >= 4 is 58.5 Å². The van der Waals surface area contributed by atoms with Crippen molar-refractivity contribution in [1.29, 1.82) is 0 Å². The highest BCUT2D eigenvalue weighted by molar-refractivity contribution is 6.29. The monoisotopic (exact) mass is 505 g/mol. The minimum absolute atomic E-state index is 0. The summed E-state index contributed by atoms with van der Waals surface area (Å²) in [6.45, 7) is 1.24. The summed E-state index contributed by atoms with van der Waals surface area (Å²) in [6.07, 6.45) is 1.45. The first-order valence-corrected chi connectivity index (χ1v) is 11.0. The fraction of sp³-hybridized carbons (Fsp3) is 0.318. The van der Waals surface area contributed by atoms with Crippen LogP contribution in [0.2, 0.25) is 5.15 Å². The number of nitrogens with one attached hydrogen (secondary N) is 2. The van der Waals surface area contributed by atoms with E-state index in [2.05, 4.69) is 20.7 Å². The predicted molar refractivity (Wildman–Crippen MR) is 131 cm³/mol. The van der Waals surface area contributed by atoms with Gasteiger partial charge in [-0.1, -0.05) is 35.9 Å². The van der Waals surface area contributed by atoms with Crippen LogP contribution in [0.15, 0.2) is 42.5 Å². The van der Waals surface area contributed by atoms with Gasteiger partial charge >= 0.3 is 0 Å². The fourth-order valence-electron chi connectivity index (χ4n) is 4.00. The lowest BCUT2D eigenvalue weighted by Crippen LogP contribution is -2.50. The predicted octanol–water partition coefficient (Wildman–Crippen LogP) is 1.82. The molecule has 180 valence electrons. The number of hydrogen-bond acceptors (Lipinski definition) is 6. The van der Waals surface area contributed by atoms with Crippen LogP contribution in [0, 0.1) is 0 Å². The van der Waals surface area contributed by atoms with E-state index in [1.54, 1.807) is 47.4 Å². The Balaban J connectivity index is 0.00000324. The second-order valence-corrected chi connectivity index (χ2v) is 8.17. The molecule has 1 aliphatic rings. The van der Waals surface area contributed by atoms with Crippen LogP contribution >= 0.6 is 24.0 Å². The molecule has 3 amide bonds. The van der Waals surface area contributed by atoms with E-state index in [4.69, 9.17) is 17.3 Å². The summed E-state index contributed by atoms with van der Waals surface area (Å²) in [5, 5.41) is 11.1. The summed E-state index contributed by atoms with van der Waals surface area (Å²) in [5.74, 6) is -1.00. The second-order valence-electron chi connectivity index (χ2n) is 7.78. The third-order valence-electron chi connectivity index (χ3n) is 5.54. The Morgan fingerprint density at radius 1 is 1.15 bits per heavy atom. The Kier molecular flexibility index (Phi) is 8.43. The summed E-state index contributed by atoms with van der Waals surface area (Å²) in [5.41, 5.74) is 6.20. The molecule has 0 spiro atoms. The van der Waals surface area contributed by atoms with Crippen molar-refractivity contribution in [3.63, 3.8) is 0 Å². The van der Waals surface area contributed by atoms with Crippen LogP contribution in [0.4, 0.5) is 5.82 Å². The highest BCUT2D eigenvalue weighted by Gasteiger charge is 2.28. The molecule has 1 fully saturated rings. The molecule has 4 rings (SSSR count). The zero-order chi connectivity index (χ0) is 23.4. The minimum atomic E-state index is -0.666. The number of pyridine rings is 1. The van der Waals surface area contributed by atoms with E-state index in [1.165, 1.54) is 4.68 Å². The number of primary amides is 1. The number of halogens is 2. The number of carbonyl (C=O) groups excluding carboxylic acids is 3. The number of rotatable bonds is 7. The molecule has 1 aromatic carbocycles. The van der Waals surface area contributed by atoms with Crippen LogP contribution in [-0.2, 0) is 16.1 Å². The van der Waals surface area contributed by atoms with Crippen molar-refractivity contribution in [2.45, 2.75) is 25.4 Å². The highest BCUT2D eigenvalue weighted by atomic mass is 35.5. The first-order chi connectivity index (χ1) is 15.9. The number of para-hydroxylation sites is 1. The number of nitrogens with zero attached hydrogens (tertiary/aromatic N) is 4. The van der Waals surface area contributed by atoms with Gasteiger partial charge in [0.15, 0.2) is 5.69 Å².